The number of allylic oxidation sites excluding steroid dienone is 1. The van der Waals surface area contributed by atoms with Crippen molar-refractivity contribution < 1.29 is 9.90 Å². The van der Waals surface area contributed by atoms with E-state index >= 15 is 0 Å². The molecule has 0 fully saturated rings. The summed E-state index contributed by atoms with van der Waals surface area (Å²) in [5.41, 5.74) is 1.11. The maximum atomic E-state index is 10.7. The van der Waals surface area contributed by atoms with Gasteiger partial charge in [-0.05, 0) is 18.8 Å². The van der Waals surface area contributed by atoms with Crippen molar-refractivity contribution in [1.29, 1.82) is 0 Å². The summed E-state index contributed by atoms with van der Waals surface area (Å²) >= 11 is 0. The Labute approximate surface area is 66.9 Å². The molecule has 0 aromatic heterocycles. The molecule has 0 amide bonds. The van der Waals surface area contributed by atoms with Gasteiger partial charge in [0.1, 0.15) is 0 Å². The number of hydrogen-bond acceptors (Lipinski definition) is 1. The molecule has 0 saturated carbocycles. The minimum atomic E-state index is -0.664. The molecule has 1 aliphatic carbocycles. The van der Waals surface area contributed by atoms with E-state index in [-0.39, 0.29) is 5.92 Å². The van der Waals surface area contributed by atoms with E-state index in [4.69, 9.17) is 5.11 Å². The molecule has 1 unspecified atom stereocenters. The van der Waals surface area contributed by atoms with Crippen LogP contribution < -0.4 is 0 Å². The van der Waals surface area contributed by atoms with Crippen LogP contribution >= 0.6 is 0 Å². The maximum absolute atomic E-state index is 10.7. The van der Waals surface area contributed by atoms with Gasteiger partial charge in [0.2, 0.25) is 0 Å². The van der Waals surface area contributed by atoms with Crippen molar-refractivity contribution in [2.24, 2.45) is 11.8 Å². The number of aliphatic carboxylic acids is 1. The van der Waals surface area contributed by atoms with Crippen LogP contribution in [0.3, 0.4) is 0 Å². The van der Waals surface area contributed by atoms with Crippen LogP contribution in [0, 0.1) is 11.8 Å². The Kier molecular flexibility index (Phi) is 2.32. The summed E-state index contributed by atoms with van der Waals surface area (Å²) in [5.74, 6) is -0.476. The molecule has 0 aromatic carbocycles. The van der Waals surface area contributed by atoms with Crippen LogP contribution in [0.5, 0.6) is 0 Å². The van der Waals surface area contributed by atoms with E-state index < -0.39 is 5.97 Å². The molecule has 2 nitrogen and oxygen atoms in total. The van der Waals surface area contributed by atoms with Crippen molar-refractivity contribution in [3.05, 3.63) is 11.6 Å². The van der Waals surface area contributed by atoms with Crippen LogP contribution in [0.25, 0.3) is 0 Å². The van der Waals surface area contributed by atoms with Crippen LogP contribution in [-0.4, -0.2) is 11.1 Å². The Morgan fingerprint density at radius 3 is 2.73 bits per heavy atom. The summed E-state index contributed by atoms with van der Waals surface area (Å²) in [6.45, 7) is 4.10. The molecule has 0 aliphatic heterocycles. The minimum absolute atomic E-state index is 0.199. The maximum Gasteiger partial charge on any atom is 0.310 e. The third kappa shape index (κ3) is 1.62. The Morgan fingerprint density at radius 1 is 1.73 bits per heavy atom. The van der Waals surface area contributed by atoms with E-state index in [1.165, 1.54) is 0 Å². The fraction of sp³-hybridized carbons (Fsp3) is 0.667. The second-order valence-electron chi connectivity index (χ2n) is 3.33. The number of carboxylic acid groups (broad SMARTS) is 1. The summed E-state index contributed by atoms with van der Waals surface area (Å²) in [6, 6.07) is 0. The molecule has 0 radical (unpaired) electrons. The standard InChI is InChI=1S/C9H14O2/c1-6(2)7-4-3-5-8(7)9(10)11/h4,6,8H,3,5H2,1-2H3,(H,10,11). The summed E-state index contributed by atoms with van der Waals surface area (Å²) < 4.78 is 0. The molecule has 0 saturated heterocycles. The molecule has 1 atom stereocenters. The largest absolute Gasteiger partial charge is 0.481 e. The van der Waals surface area contributed by atoms with Gasteiger partial charge >= 0.3 is 5.97 Å². The zero-order valence-corrected chi connectivity index (χ0v) is 7.00. The summed E-state index contributed by atoms with van der Waals surface area (Å²) in [6.07, 6.45) is 3.80. The van der Waals surface area contributed by atoms with Crippen molar-refractivity contribution in [2.45, 2.75) is 26.7 Å². The second kappa shape index (κ2) is 3.07. The van der Waals surface area contributed by atoms with Gasteiger partial charge < -0.3 is 5.11 Å². The SMILES string of the molecule is CC(C)C1=CCCC1C(=O)O. The van der Waals surface area contributed by atoms with Gasteiger partial charge in [-0.2, -0.15) is 0 Å². The van der Waals surface area contributed by atoms with Crippen molar-refractivity contribution in [3.63, 3.8) is 0 Å². The monoisotopic (exact) mass is 154 g/mol. The highest BCUT2D eigenvalue weighted by Crippen LogP contribution is 2.31. The van der Waals surface area contributed by atoms with Gasteiger partial charge in [0.25, 0.3) is 0 Å². The topological polar surface area (TPSA) is 37.3 Å². The lowest BCUT2D eigenvalue weighted by molar-refractivity contribution is -0.140. The predicted molar refractivity (Wildman–Crippen MR) is 43.3 cm³/mol. The molecule has 1 N–H and O–H groups in total. The first-order valence-corrected chi connectivity index (χ1v) is 4.05. The molecule has 2 heteroatoms. The summed E-state index contributed by atoms with van der Waals surface area (Å²) in [5, 5.41) is 8.79. The average molecular weight is 154 g/mol. The molecule has 1 aliphatic rings. The molecular formula is C9H14O2. The van der Waals surface area contributed by atoms with Crippen molar-refractivity contribution in [1.82, 2.24) is 0 Å². The Bertz CT molecular complexity index is 192. The van der Waals surface area contributed by atoms with Gasteiger partial charge in [-0.3, -0.25) is 4.79 Å². The van der Waals surface area contributed by atoms with E-state index in [2.05, 4.69) is 6.08 Å². The Balaban J connectivity index is 2.70. The summed E-state index contributed by atoms with van der Waals surface area (Å²) in [4.78, 5) is 10.7. The molecule has 0 heterocycles. The van der Waals surface area contributed by atoms with Crippen LogP contribution in [0.4, 0.5) is 0 Å². The molecule has 62 valence electrons. The second-order valence-corrected chi connectivity index (χ2v) is 3.33. The van der Waals surface area contributed by atoms with Gasteiger partial charge in [0, 0.05) is 0 Å². The van der Waals surface area contributed by atoms with Gasteiger partial charge in [-0.25, -0.2) is 0 Å². The molecule has 0 aromatic rings. The third-order valence-corrected chi connectivity index (χ3v) is 2.20. The fourth-order valence-electron chi connectivity index (χ4n) is 1.63. The average Bonchev–Trinajstić information content (AvgIpc) is 2.32. The van der Waals surface area contributed by atoms with Crippen LogP contribution in [0.2, 0.25) is 0 Å². The van der Waals surface area contributed by atoms with Gasteiger partial charge in [0.05, 0.1) is 5.92 Å². The highest BCUT2D eigenvalue weighted by molar-refractivity contribution is 5.74. The molecule has 11 heavy (non-hydrogen) atoms. The smallest absolute Gasteiger partial charge is 0.310 e. The number of carboxylic acids is 1. The first kappa shape index (κ1) is 8.31. The highest BCUT2D eigenvalue weighted by atomic mass is 16.4. The van der Waals surface area contributed by atoms with Crippen molar-refractivity contribution >= 4 is 5.97 Å². The van der Waals surface area contributed by atoms with Gasteiger partial charge in [-0.1, -0.05) is 25.5 Å². The summed E-state index contributed by atoms with van der Waals surface area (Å²) in [7, 11) is 0. The zero-order chi connectivity index (χ0) is 8.43. The van der Waals surface area contributed by atoms with E-state index in [1.54, 1.807) is 0 Å². The van der Waals surface area contributed by atoms with Crippen LogP contribution in [0.1, 0.15) is 26.7 Å². The van der Waals surface area contributed by atoms with E-state index in [0.29, 0.717) is 5.92 Å². The molecule has 0 spiro atoms. The fourth-order valence-corrected chi connectivity index (χ4v) is 1.63. The van der Waals surface area contributed by atoms with Gasteiger partial charge in [-0.15, -0.1) is 0 Å². The van der Waals surface area contributed by atoms with E-state index in [0.717, 1.165) is 18.4 Å². The normalized spacial score (nSPS) is 23.9. The first-order chi connectivity index (χ1) is 5.13. The first-order valence-electron chi connectivity index (χ1n) is 4.05. The van der Waals surface area contributed by atoms with E-state index in [1.807, 2.05) is 13.8 Å². The third-order valence-electron chi connectivity index (χ3n) is 2.20. The van der Waals surface area contributed by atoms with Crippen LogP contribution in [0.15, 0.2) is 11.6 Å². The van der Waals surface area contributed by atoms with E-state index in [9.17, 15) is 4.79 Å². The quantitative estimate of drug-likeness (QED) is 0.618. The minimum Gasteiger partial charge on any atom is -0.481 e. The lowest BCUT2D eigenvalue weighted by atomic mass is 9.93. The number of hydrogen-bond donors (Lipinski definition) is 1. The van der Waals surface area contributed by atoms with Crippen LogP contribution in [-0.2, 0) is 4.79 Å². The van der Waals surface area contributed by atoms with Crippen molar-refractivity contribution in [3.8, 4) is 0 Å². The Morgan fingerprint density at radius 2 is 2.36 bits per heavy atom. The lowest BCUT2D eigenvalue weighted by Gasteiger charge is -2.12. The zero-order valence-electron chi connectivity index (χ0n) is 7.00. The molecule has 1 rings (SSSR count). The Hall–Kier alpha value is -0.790. The van der Waals surface area contributed by atoms with Crippen molar-refractivity contribution in [2.75, 3.05) is 0 Å². The number of carbonyl (C=O) groups is 1. The predicted octanol–water partition coefficient (Wildman–Crippen LogP) is 2.06. The van der Waals surface area contributed by atoms with Gasteiger partial charge in [0.15, 0.2) is 0 Å². The molecule has 0 bridgehead atoms. The molecular weight excluding hydrogens is 140 g/mol. The highest BCUT2D eigenvalue weighted by Gasteiger charge is 2.27. The number of rotatable bonds is 2. The lowest BCUT2D eigenvalue weighted by Crippen LogP contribution is -2.15.